The predicted molar refractivity (Wildman–Crippen MR) is 74.0 cm³/mol. The highest BCUT2D eigenvalue weighted by molar-refractivity contribution is 5.55. The third-order valence-corrected chi connectivity index (χ3v) is 3.22. The van der Waals surface area contributed by atoms with Crippen LogP contribution in [0.1, 0.15) is 36.4 Å². The van der Waals surface area contributed by atoms with Crippen molar-refractivity contribution < 1.29 is 0 Å². The van der Waals surface area contributed by atoms with Crippen LogP contribution in [0.4, 0.5) is 5.69 Å². The molecule has 0 spiro atoms. The zero-order valence-corrected chi connectivity index (χ0v) is 11.4. The van der Waals surface area contributed by atoms with Gasteiger partial charge in [-0.3, -0.25) is 0 Å². The predicted octanol–water partition coefficient (Wildman–Crippen LogP) is 2.15. The summed E-state index contributed by atoms with van der Waals surface area (Å²) in [6.07, 6.45) is 3.20. The molecule has 0 aliphatic rings. The zero-order chi connectivity index (χ0) is 14.0. The number of nitriles is 1. The molecule has 0 radical (unpaired) electrons. The van der Waals surface area contributed by atoms with Crippen LogP contribution in [0.3, 0.4) is 0 Å². The first-order valence-corrected chi connectivity index (χ1v) is 6.36. The number of nitrogens with zero attached hydrogens (tertiary/aromatic N) is 4. The summed E-state index contributed by atoms with van der Waals surface area (Å²) >= 11 is 0. The number of hydrogen-bond donors (Lipinski definition) is 1. The first-order chi connectivity index (χ1) is 9.13. The molecule has 0 aliphatic carbocycles. The van der Waals surface area contributed by atoms with Crippen LogP contribution < -0.4 is 5.73 Å². The van der Waals surface area contributed by atoms with Crippen molar-refractivity contribution in [3.63, 3.8) is 0 Å². The number of aryl methyl sites for hydroxylation is 2. The standard InChI is InChI=1S/C14H17N5/c1-4-11-13(16)12(5-2)19(18-11)14-10(8-15)9(3)6-7-17-14/h6-7H,4-5,16H2,1-3H3. The minimum absolute atomic E-state index is 0.544. The van der Waals surface area contributed by atoms with E-state index in [2.05, 4.69) is 16.2 Å². The number of nitrogen functional groups attached to an aromatic ring is 1. The molecule has 0 fully saturated rings. The van der Waals surface area contributed by atoms with Gasteiger partial charge in [0.25, 0.3) is 0 Å². The maximum Gasteiger partial charge on any atom is 0.171 e. The molecule has 2 N–H and O–H groups in total. The Labute approximate surface area is 112 Å². The Morgan fingerprint density at radius 3 is 2.68 bits per heavy atom. The van der Waals surface area contributed by atoms with E-state index in [0.29, 0.717) is 17.1 Å². The lowest BCUT2D eigenvalue weighted by Crippen LogP contribution is -2.08. The average molecular weight is 255 g/mol. The topological polar surface area (TPSA) is 80.5 Å². The van der Waals surface area contributed by atoms with Gasteiger partial charge >= 0.3 is 0 Å². The van der Waals surface area contributed by atoms with E-state index in [1.807, 2.05) is 26.8 Å². The van der Waals surface area contributed by atoms with Gasteiger partial charge in [0, 0.05) is 6.20 Å². The number of pyridine rings is 1. The summed E-state index contributed by atoms with van der Waals surface area (Å²) in [4.78, 5) is 4.30. The van der Waals surface area contributed by atoms with Gasteiger partial charge in [-0.1, -0.05) is 13.8 Å². The fourth-order valence-electron chi connectivity index (χ4n) is 2.13. The highest BCUT2D eigenvalue weighted by Crippen LogP contribution is 2.23. The number of aromatic nitrogens is 3. The fraction of sp³-hybridized carbons (Fsp3) is 0.357. The van der Waals surface area contributed by atoms with Gasteiger partial charge in [-0.25, -0.2) is 9.67 Å². The van der Waals surface area contributed by atoms with Crippen LogP contribution in [-0.4, -0.2) is 14.8 Å². The van der Waals surface area contributed by atoms with Gasteiger partial charge in [0.1, 0.15) is 6.07 Å². The third kappa shape index (κ3) is 2.06. The van der Waals surface area contributed by atoms with E-state index in [9.17, 15) is 5.26 Å². The molecule has 0 bridgehead atoms. The van der Waals surface area contributed by atoms with Crippen LogP contribution in [0.25, 0.3) is 5.82 Å². The highest BCUT2D eigenvalue weighted by Gasteiger charge is 2.18. The van der Waals surface area contributed by atoms with E-state index in [0.717, 1.165) is 29.8 Å². The molecule has 5 heteroatoms. The molecule has 0 saturated heterocycles. The van der Waals surface area contributed by atoms with Crippen molar-refractivity contribution >= 4 is 5.69 Å². The first-order valence-electron chi connectivity index (χ1n) is 6.36. The number of nitrogens with two attached hydrogens (primary N) is 1. The third-order valence-electron chi connectivity index (χ3n) is 3.22. The largest absolute Gasteiger partial charge is 0.396 e. The second kappa shape index (κ2) is 5.11. The summed E-state index contributed by atoms with van der Waals surface area (Å²) in [5, 5.41) is 13.8. The van der Waals surface area contributed by atoms with Crippen LogP contribution in [0.5, 0.6) is 0 Å². The Bertz CT molecular complexity index is 649. The molecule has 0 atom stereocenters. The van der Waals surface area contributed by atoms with E-state index in [4.69, 9.17) is 5.73 Å². The van der Waals surface area contributed by atoms with Crippen LogP contribution >= 0.6 is 0 Å². The molecule has 5 nitrogen and oxygen atoms in total. The lowest BCUT2D eigenvalue weighted by atomic mass is 10.1. The van der Waals surface area contributed by atoms with E-state index in [-0.39, 0.29) is 0 Å². The summed E-state index contributed by atoms with van der Waals surface area (Å²) in [5.74, 6) is 0.561. The average Bonchev–Trinajstić information content (AvgIpc) is 2.74. The summed E-state index contributed by atoms with van der Waals surface area (Å²) in [5.41, 5.74) is 10.00. The zero-order valence-electron chi connectivity index (χ0n) is 11.4. The number of rotatable bonds is 3. The fourth-order valence-corrected chi connectivity index (χ4v) is 2.13. The van der Waals surface area contributed by atoms with Crippen LogP contribution in [-0.2, 0) is 12.8 Å². The van der Waals surface area contributed by atoms with Crippen LogP contribution in [0.2, 0.25) is 0 Å². The van der Waals surface area contributed by atoms with Crippen LogP contribution in [0, 0.1) is 18.3 Å². The second-order valence-corrected chi connectivity index (χ2v) is 4.36. The van der Waals surface area contributed by atoms with Crippen molar-refractivity contribution in [2.75, 3.05) is 5.73 Å². The number of hydrogen-bond acceptors (Lipinski definition) is 4. The summed E-state index contributed by atoms with van der Waals surface area (Å²) < 4.78 is 1.71. The summed E-state index contributed by atoms with van der Waals surface area (Å²) in [7, 11) is 0. The van der Waals surface area contributed by atoms with Gasteiger partial charge in [0.05, 0.1) is 22.6 Å². The van der Waals surface area contributed by atoms with Crippen molar-refractivity contribution in [3.05, 3.63) is 34.8 Å². The lowest BCUT2D eigenvalue weighted by molar-refractivity contribution is 0.769. The van der Waals surface area contributed by atoms with Gasteiger partial charge in [0.15, 0.2) is 5.82 Å². The van der Waals surface area contributed by atoms with Crippen molar-refractivity contribution in [1.29, 1.82) is 5.26 Å². The van der Waals surface area contributed by atoms with Gasteiger partial charge in [0.2, 0.25) is 0 Å². The monoisotopic (exact) mass is 255 g/mol. The molecule has 0 aromatic carbocycles. The molecule has 2 aromatic rings. The van der Waals surface area contributed by atoms with E-state index in [1.165, 1.54) is 0 Å². The molecule has 2 aromatic heterocycles. The molecule has 0 saturated carbocycles. The molecule has 2 rings (SSSR count). The van der Waals surface area contributed by atoms with E-state index in [1.54, 1.807) is 10.9 Å². The van der Waals surface area contributed by atoms with E-state index < -0.39 is 0 Å². The second-order valence-electron chi connectivity index (χ2n) is 4.36. The number of anilines is 1. The van der Waals surface area contributed by atoms with E-state index >= 15 is 0 Å². The van der Waals surface area contributed by atoms with Gasteiger partial charge in [-0.05, 0) is 31.4 Å². The summed E-state index contributed by atoms with van der Waals surface area (Å²) in [6, 6.07) is 4.02. The molecule has 2 heterocycles. The summed E-state index contributed by atoms with van der Waals surface area (Å²) in [6.45, 7) is 5.92. The van der Waals surface area contributed by atoms with Crippen molar-refractivity contribution in [2.45, 2.75) is 33.6 Å². The Hall–Kier alpha value is -2.35. The maximum atomic E-state index is 9.30. The lowest BCUT2D eigenvalue weighted by Gasteiger charge is -2.08. The minimum atomic E-state index is 0.544. The molecule has 98 valence electrons. The Kier molecular flexibility index (Phi) is 3.52. The van der Waals surface area contributed by atoms with Gasteiger partial charge < -0.3 is 5.73 Å². The minimum Gasteiger partial charge on any atom is -0.396 e. The highest BCUT2D eigenvalue weighted by atomic mass is 15.3. The van der Waals surface area contributed by atoms with Crippen molar-refractivity contribution in [1.82, 2.24) is 14.8 Å². The molecule has 0 unspecified atom stereocenters. The van der Waals surface area contributed by atoms with Crippen molar-refractivity contribution in [3.8, 4) is 11.9 Å². The van der Waals surface area contributed by atoms with Crippen LogP contribution in [0.15, 0.2) is 12.3 Å². The van der Waals surface area contributed by atoms with Crippen molar-refractivity contribution in [2.24, 2.45) is 0 Å². The molecule has 0 amide bonds. The quantitative estimate of drug-likeness (QED) is 0.911. The smallest absolute Gasteiger partial charge is 0.171 e. The Morgan fingerprint density at radius 2 is 2.11 bits per heavy atom. The van der Waals surface area contributed by atoms with Gasteiger partial charge in [-0.15, -0.1) is 0 Å². The molecular weight excluding hydrogens is 238 g/mol. The molecular formula is C14H17N5. The molecule has 0 aliphatic heterocycles. The normalized spacial score (nSPS) is 10.4. The Morgan fingerprint density at radius 1 is 1.37 bits per heavy atom. The maximum absolute atomic E-state index is 9.30. The first kappa shape index (κ1) is 13.1. The SMILES string of the molecule is CCc1nn(-c2nccc(C)c2C#N)c(CC)c1N. The Balaban J connectivity index is 2.73. The molecule has 19 heavy (non-hydrogen) atoms. The van der Waals surface area contributed by atoms with Gasteiger partial charge in [-0.2, -0.15) is 10.4 Å².